The van der Waals surface area contributed by atoms with E-state index < -0.39 is 0 Å². The molecule has 0 saturated carbocycles. The van der Waals surface area contributed by atoms with Crippen LogP contribution in [0.1, 0.15) is 35.1 Å². The minimum atomic E-state index is 0.139. The Morgan fingerprint density at radius 1 is 1.05 bits per heavy atom. The van der Waals surface area contributed by atoms with Crippen LogP contribution in [0.4, 0.5) is 0 Å². The van der Waals surface area contributed by atoms with Crippen LogP contribution < -0.4 is 5.32 Å². The number of nitrogens with zero attached hydrogens (tertiary/aromatic N) is 3. The average Bonchev–Trinajstić information content (AvgIpc) is 2.79. The molecule has 0 amide bonds. The van der Waals surface area contributed by atoms with Crippen LogP contribution in [-0.2, 0) is 0 Å². The van der Waals surface area contributed by atoms with Crippen molar-refractivity contribution in [2.24, 2.45) is 0 Å². The molecule has 3 heterocycles. The second-order valence-electron chi connectivity index (χ2n) is 6.01. The van der Waals surface area contributed by atoms with Crippen molar-refractivity contribution in [3.63, 3.8) is 0 Å². The summed E-state index contributed by atoms with van der Waals surface area (Å²) in [5.41, 5.74) is 4.43. The first-order valence-corrected chi connectivity index (χ1v) is 8.05. The van der Waals surface area contributed by atoms with Crippen LogP contribution in [0.5, 0.6) is 0 Å². The normalized spacial score (nSPS) is 17.9. The zero-order valence-corrected chi connectivity index (χ0v) is 13.4. The van der Waals surface area contributed by atoms with E-state index in [1.54, 1.807) is 0 Å². The number of hydrogen-bond acceptors (Lipinski definition) is 4. The molecule has 0 aromatic carbocycles. The van der Waals surface area contributed by atoms with Gasteiger partial charge in [-0.25, -0.2) is 0 Å². The highest BCUT2D eigenvalue weighted by Gasteiger charge is 2.25. The van der Waals surface area contributed by atoms with Gasteiger partial charge in [0.1, 0.15) is 0 Å². The van der Waals surface area contributed by atoms with Gasteiger partial charge in [-0.2, -0.15) is 0 Å². The fourth-order valence-corrected chi connectivity index (χ4v) is 3.01. The fraction of sp³-hybridized carbons (Fsp3) is 0.444. The number of aromatic nitrogens is 2. The van der Waals surface area contributed by atoms with Gasteiger partial charge in [0, 0.05) is 31.5 Å². The van der Waals surface area contributed by atoms with Crippen molar-refractivity contribution in [3.8, 4) is 0 Å². The number of pyridine rings is 2. The molecule has 3 rings (SSSR count). The third-order valence-corrected chi connectivity index (χ3v) is 4.14. The second kappa shape index (κ2) is 6.99. The first-order valence-electron chi connectivity index (χ1n) is 8.05. The van der Waals surface area contributed by atoms with Crippen LogP contribution in [0.2, 0.25) is 0 Å². The summed E-state index contributed by atoms with van der Waals surface area (Å²) >= 11 is 0. The molecule has 0 aliphatic carbocycles. The fourth-order valence-electron chi connectivity index (χ4n) is 3.01. The van der Waals surface area contributed by atoms with Gasteiger partial charge in [-0.3, -0.25) is 14.9 Å². The molecular weight excluding hydrogens is 272 g/mol. The van der Waals surface area contributed by atoms with Gasteiger partial charge in [0.25, 0.3) is 0 Å². The molecule has 2 aromatic heterocycles. The SMILES string of the molecule is Cc1ccc(C(c2cccc(C)n2)N2CCCNCC2)nc1. The summed E-state index contributed by atoms with van der Waals surface area (Å²) in [6.07, 6.45) is 3.11. The van der Waals surface area contributed by atoms with Gasteiger partial charge >= 0.3 is 0 Å². The number of nitrogens with one attached hydrogen (secondary N) is 1. The van der Waals surface area contributed by atoms with Gasteiger partial charge in [0.05, 0.1) is 17.4 Å². The van der Waals surface area contributed by atoms with E-state index >= 15 is 0 Å². The van der Waals surface area contributed by atoms with Crippen LogP contribution in [-0.4, -0.2) is 41.0 Å². The molecule has 2 aromatic rings. The molecule has 116 valence electrons. The molecule has 22 heavy (non-hydrogen) atoms. The summed E-state index contributed by atoms with van der Waals surface area (Å²) < 4.78 is 0. The smallest absolute Gasteiger partial charge is 0.0950 e. The molecule has 4 heteroatoms. The Labute approximate surface area is 132 Å². The Kier molecular flexibility index (Phi) is 4.80. The Hall–Kier alpha value is -1.78. The molecule has 1 N–H and O–H groups in total. The lowest BCUT2D eigenvalue weighted by Gasteiger charge is -2.29. The van der Waals surface area contributed by atoms with Crippen LogP contribution in [0.3, 0.4) is 0 Å². The summed E-state index contributed by atoms with van der Waals surface area (Å²) in [6.45, 7) is 8.33. The molecule has 1 aliphatic heterocycles. The van der Waals surface area contributed by atoms with Crippen molar-refractivity contribution in [2.45, 2.75) is 26.3 Å². The average molecular weight is 296 g/mol. The number of rotatable bonds is 3. The minimum absolute atomic E-state index is 0.139. The quantitative estimate of drug-likeness (QED) is 0.945. The highest BCUT2D eigenvalue weighted by molar-refractivity contribution is 5.25. The van der Waals surface area contributed by atoms with Gasteiger partial charge in [-0.05, 0) is 50.6 Å². The zero-order chi connectivity index (χ0) is 15.4. The van der Waals surface area contributed by atoms with E-state index in [4.69, 9.17) is 4.98 Å². The number of aryl methyl sites for hydroxylation is 2. The van der Waals surface area contributed by atoms with Crippen LogP contribution >= 0.6 is 0 Å². The lowest BCUT2D eigenvalue weighted by Crippen LogP contribution is -2.34. The zero-order valence-electron chi connectivity index (χ0n) is 13.4. The van der Waals surface area contributed by atoms with Crippen molar-refractivity contribution < 1.29 is 0 Å². The van der Waals surface area contributed by atoms with Gasteiger partial charge < -0.3 is 5.32 Å². The summed E-state index contributed by atoms with van der Waals surface area (Å²) in [4.78, 5) is 12.0. The molecule has 0 radical (unpaired) electrons. The molecule has 1 fully saturated rings. The molecule has 0 bridgehead atoms. The second-order valence-corrected chi connectivity index (χ2v) is 6.01. The lowest BCUT2D eigenvalue weighted by molar-refractivity contribution is 0.233. The third kappa shape index (κ3) is 3.51. The van der Waals surface area contributed by atoms with Crippen molar-refractivity contribution in [1.29, 1.82) is 0 Å². The first kappa shape index (κ1) is 15.1. The van der Waals surface area contributed by atoms with Gasteiger partial charge in [0.15, 0.2) is 0 Å². The van der Waals surface area contributed by atoms with Crippen molar-refractivity contribution in [2.75, 3.05) is 26.2 Å². The van der Waals surface area contributed by atoms with Gasteiger partial charge in [-0.15, -0.1) is 0 Å². The van der Waals surface area contributed by atoms with E-state index in [1.807, 2.05) is 19.2 Å². The molecule has 4 nitrogen and oxygen atoms in total. The summed E-state index contributed by atoms with van der Waals surface area (Å²) in [5, 5.41) is 3.47. The maximum Gasteiger partial charge on any atom is 0.0950 e. The van der Waals surface area contributed by atoms with E-state index in [2.05, 4.69) is 46.4 Å². The highest BCUT2D eigenvalue weighted by atomic mass is 15.2. The predicted molar refractivity (Wildman–Crippen MR) is 88.9 cm³/mol. The Balaban J connectivity index is 1.99. The Morgan fingerprint density at radius 3 is 2.73 bits per heavy atom. The Bertz CT molecular complexity index is 601. The summed E-state index contributed by atoms with van der Waals surface area (Å²) in [6, 6.07) is 10.7. The van der Waals surface area contributed by atoms with Gasteiger partial charge in [-0.1, -0.05) is 12.1 Å². The highest BCUT2D eigenvalue weighted by Crippen LogP contribution is 2.26. The predicted octanol–water partition coefficient (Wildman–Crippen LogP) is 2.48. The molecule has 1 unspecified atom stereocenters. The Morgan fingerprint density at radius 2 is 1.95 bits per heavy atom. The van der Waals surface area contributed by atoms with Crippen molar-refractivity contribution in [3.05, 3.63) is 59.2 Å². The molecule has 1 saturated heterocycles. The maximum absolute atomic E-state index is 4.78. The van der Waals surface area contributed by atoms with Crippen LogP contribution in [0.15, 0.2) is 36.5 Å². The van der Waals surface area contributed by atoms with Crippen molar-refractivity contribution in [1.82, 2.24) is 20.2 Å². The molecule has 1 aliphatic rings. The van der Waals surface area contributed by atoms with E-state index in [1.165, 1.54) is 5.56 Å². The van der Waals surface area contributed by atoms with E-state index in [0.717, 1.165) is 49.7 Å². The monoisotopic (exact) mass is 296 g/mol. The van der Waals surface area contributed by atoms with E-state index in [-0.39, 0.29) is 6.04 Å². The molecule has 0 spiro atoms. The lowest BCUT2D eigenvalue weighted by atomic mass is 10.0. The minimum Gasteiger partial charge on any atom is -0.315 e. The molecular formula is C18H24N4. The maximum atomic E-state index is 4.78. The number of hydrogen-bond donors (Lipinski definition) is 1. The standard InChI is InChI=1S/C18H24N4/c1-14-7-8-16(20-13-14)18(17-6-3-5-15(2)21-17)22-11-4-9-19-10-12-22/h3,5-8,13,18-19H,4,9-12H2,1-2H3. The largest absolute Gasteiger partial charge is 0.315 e. The van der Waals surface area contributed by atoms with Crippen LogP contribution in [0.25, 0.3) is 0 Å². The third-order valence-electron chi connectivity index (χ3n) is 4.14. The molecule has 1 atom stereocenters. The summed E-state index contributed by atoms with van der Waals surface area (Å²) in [5.74, 6) is 0. The summed E-state index contributed by atoms with van der Waals surface area (Å²) in [7, 11) is 0. The van der Waals surface area contributed by atoms with Crippen LogP contribution in [0, 0.1) is 13.8 Å². The first-order chi connectivity index (χ1) is 10.7. The van der Waals surface area contributed by atoms with Crippen molar-refractivity contribution >= 4 is 0 Å². The topological polar surface area (TPSA) is 41.1 Å². The van der Waals surface area contributed by atoms with E-state index in [0.29, 0.717) is 0 Å². The van der Waals surface area contributed by atoms with Gasteiger partial charge in [0.2, 0.25) is 0 Å². The van der Waals surface area contributed by atoms with E-state index in [9.17, 15) is 0 Å².